The van der Waals surface area contributed by atoms with Crippen molar-refractivity contribution in [2.24, 2.45) is 0 Å². The second kappa shape index (κ2) is 8.49. The van der Waals surface area contributed by atoms with Crippen molar-refractivity contribution in [2.75, 3.05) is 6.54 Å². The monoisotopic (exact) mass is 373 g/mol. The Kier molecular flexibility index (Phi) is 5.63. The number of ether oxygens (including phenoxy) is 2. The van der Waals surface area contributed by atoms with Gasteiger partial charge in [0, 0.05) is 5.54 Å². The zero-order chi connectivity index (χ0) is 19.2. The molecule has 3 heteroatoms. The first-order valence-corrected chi connectivity index (χ1v) is 9.96. The van der Waals surface area contributed by atoms with Gasteiger partial charge in [-0.3, -0.25) is 0 Å². The summed E-state index contributed by atoms with van der Waals surface area (Å²) in [7, 11) is 0. The van der Waals surface area contributed by atoms with Crippen LogP contribution in [0.1, 0.15) is 36.5 Å². The molecule has 1 atom stereocenters. The van der Waals surface area contributed by atoms with Crippen LogP contribution in [0.2, 0.25) is 0 Å². The van der Waals surface area contributed by atoms with Crippen LogP contribution < -0.4 is 14.8 Å². The van der Waals surface area contributed by atoms with Gasteiger partial charge in [0.15, 0.2) is 11.5 Å². The minimum absolute atomic E-state index is 0.00279. The van der Waals surface area contributed by atoms with Crippen LogP contribution in [0.15, 0.2) is 78.9 Å². The van der Waals surface area contributed by atoms with Gasteiger partial charge in [0.25, 0.3) is 0 Å². The molecular formula is C25H27NO2. The highest BCUT2D eigenvalue weighted by Gasteiger charge is 2.30. The molecule has 28 heavy (non-hydrogen) atoms. The lowest BCUT2D eigenvalue weighted by Crippen LogP contribution is -2.33. The van der Waals surface area contributed by atoms with Gasteiger partial charge in [-0.2, -0.15) is 0 Å². The number of rotatable bonds is 7. The Labute approximate surface area is 167 Å². The molecule has 144 valence electrons. The molecule has 3 aromatic rings. The summed E-state index contributed by atoms with van der Waals surface area (Å²) in [4.78, 5) is 0. The molecule has 1 fully saturated rings. The molecule has 1 heterocycles. The van der Waals surface area contributed by atoms with Gasteiger partial charge < -0.3 is 14.8 Å². The van der Waals surface area contributed by atoms with Gasteiger partial charge in [-0.15, -0.1) is 0 Å². The first-order chi connectivity index (χ1) is 13.7. The standard InChI is InChI=1S/C25H27NO2/c1-25(15-8-16-26-25)22-13-14-23(27-18-20-9-4-2-5-10-20)24(17-22)28-19-21-11-6-3-7-12-21/h2-7,9-14,17,26H,8,15-16,18-19H2,1H3. The Bertz CT molecular complexity index is 887. The summed E-state index contributed by atoms with van der Waals surface area (Å²) in [5.74, 6) is 1.58. The summed E-state index contributed by atoms with van der Waals surface area (Å²) >= 11 is 0. The van der Waals surface area contributed by atoms with Crippen molar-refractivity contribution in [1.29, 1.82) is 0 Å². The lowest BCUT2D eigenvalue weighted by atomic mass is 9.90. The van der Waals surface area contributed by atoms with E-state index in [0.29, 0.717) is 13.2 Å². The molecule has 0 saturated carbocycles. The predicted molar refractivity (Wildman–Crippen MR) is 113 cm³/mol. The van der Waals surface area contributed by atoms with Crippen LogP contribution in [-0.4, -0.2) is 6.54 Å². The molecular weight excluding hydrogens is 346 g/mol. The highest BCUT2D eigenvalue weighted by atomic mass is 16.5. The summed E-state index contributed by atoms with van der Waals surface area (Å²) < 4.78 is 12.3. The normalized spacial score (nSPS) is 18.8. The Morgan fingerprint density at radius 3 is 1.96 bits per heavy atom. The molecule has 1 aliphatic rings. The minimum atomic E-state index is 0.00279. The second-order valence-electron chi connectivity index (χ2n) is 7.57. The molecule has 3 aromatic carbocycles. The maximum atomic E-state index is 6.20. The fraction of sp³-hybridized carbons (Fsp3) is 0.280. The van der Waals surface area contributed by atoms with Crippen LogP contribution in [0.3, 0.4) is 0 Å². The Morgan fingerprint density at radius 1 is 0.786 bits per heavy atom. The van der Waals surface area contributed by atoms with Crippen molar-refractivity contribution in [3.05, 3.63) is 95.6 Å². The first-order valence-electron chi connectivity index (χ1n) is 9.96. The molecule has 0 amide bonds. The number of nitrogens with one attached hydrogen (secondary N) is 1. The quantitative estimate of drug-likeness (QED) is 0.598. The second-order valence-corrected chi connectivity index (χ2v) is 7.57. The summed E-state index contributed by atoms with van der Waals surface area (Å²) in [5, 5.41) is 3.63. The maximum Gasteiger partial charge on any atom is 0.162 e. The van der Waals surface area contributed by atoms with E-state index in [-0.39, 0.29) is 5.54 Å². The van der Waals surface area contributed by atoms with Crippen LogP contribution >= 0.6 is 0 Å². The SMILES string of the molecule is CC1(c2ccc(OCc3ccccc3)c(OCc3ccccc3)c2)CCCN1. The van der Waals surface area contributed by atoms with E-state index in [2.05, 4.69) is 48.6 Å². The van der Waals surface area contributed by atoms with Gasteiger partial charge >= 0.3 is 0 Å². The number of hydrogen-bond acceptors (Lipinski definition) is 3. The maximum absolute atomic E-state index is 6.20. The molecule has 0 aliphatic carbocycles. The molecule has 0 spiro atoms. The Balaban J connectivity index is 1.56. The molecule has 3 nitrogen and oxygen atoms in total. The van der Waals surface area contributed by atoms with Gasteiger partial charge in [-0.1, -0.05) is 66.7 Å². The van der Waals surface area contributed by atoms with Crippen molar-refractivity contribution in [3.8, 4) is 11.5 Å². The molecule has 1 N–H and O–H groups in total. The molecule has 1 aliphatic heterocycles. The fourth-order valence-corrected chi connectivity index (χ4v) is 3.69. The third-order valence-electron chi connectivity index (χ3n) is 5.42. The summed E-state index contributed by atoms with van der Waals surface area (Å²) in [5.41, 5.74) is 3.54. The van der Waals surface area contributed by atoms with Crippen LogP contribution in [0.25, 0.3) is 0 Å². The average Bonchev–Trinajstić information content (AvgIpc) is 3.20. The van der Waals surface area contributed by atoms with Crippen LogP contribution in [0.5, 0.6) is 11.5 Å². The van der Waals surface area contributed by atoms with Gasteiger partial charge in [0.05, 0.1) is 0 Å². The topological polar surface area (TPSA) is 30.5 Å². The molecule has 0 radical (unpaired) electrons. The highest BCUT2D eigenvalue weighted by Crippen LogP contribution is 2.37. The van der Waals surface area contributed by atoms with E-state index in [4.69, 9.17) is 9.47 Å². The molecule has 0 aromatic heterocycles. The lowest BCUT2D eigenvalue weighted by Gasteiger charge is -2.26. The van der Waals surface area contributed by atoms with Gasteiger partial charge in [-0.05, 0) is 55.1 Å². The van der Waals surface area contributed by atoms with E-state index in [1.54, 1.807) is 0 Å². The van der Waals surface area contributed by atoms with E-state index in [1.165, 1.54) is 12.0 Å². The third kappa shape index (κ3) is 4.37. The van der Waals surface area contributed by atoms with Crippen LogP contribution in [0.4, 0.5) is 0 Å². The Morgan fingerprint density at radius 2 is 1.39 bits per heavy atom. The van der Waals surface area contributed by atoms with E-state index >= 15 is 0 Å². The Hall–Kier alpha value is -2.78. The average molecular weight is 373 g/mol. The summed E-state index contributed by atoms with van der Waals surface area (Å²) in [6.45, 7) is 4.37. The number of hydrogen-bond donors (Lipinski definition) is 1. The van der Waals surface area contributed by atoms with Crippen molar-refractivity contribution in [1.82, 2.24) is 5.32 Å². The molecule has 0 bridgehead atoms. The van der Waals surface area contributed by atoms with Gasteiger partial charge in [-0.25, -0.2) is 0 Å². The van der Waals surface area contributed by atoms with E-state index < -0.39 is 0 Å². The molecule has 4 rings (SSSR count). The highest BCUT2D eigenvalue weighted by molar-refractivity contribution is 5.45. The van der Waals surface area contributed by atoms with Crippen LogP contribution in [-0.2, 0) is 18.8 Å². The largest absolute Gasteiger partial charge is 0.485 e. The van der Waals surface area contributed by atoms with Crippen molar-refractivity contribution >= 4 is 0 Å². The number of benzene rings is 3. The zero-order valence-corrected chi connectivity index (χ0v) is 16.4. The van der Waals surface area contributed by atoms with Gasteiger partial charge in [0.2, 0.25) is 0 Å². The molecule has 1 saturated heterocycles. The van der Waals surface area contributed by atoms with Crippen molar-refractivity contribution < 1.29 is 9.47 Å². The first kappa shape index (κ1) is 18.6. The third-order valence-corrected chi connectivity index (χ3v) is 5.42. The zero-order valence-electron chi connectivity index (χ0n) is 16.4. The van der Waals surface area contributed by atoms with E-state index in [0.717, 1.165) is 35.6 Å². The van der Waals surface area contributed by atoms with Crippen molar-refractivity contribution in [3.63, 3.8) is 0 Å². The lowest BCUT2D eigenvalue weighted by molar-refractivity contribution is 0.255. The molecule has 1 unspecified atom stereocenters. The predicted octanol–water partition coefficient (Wildman–Crippen LogP) is 5.44. The summed E-state index contributed by atoms with van der Waals surface area (Å²) in [6, 6.07) is 26.8. The van der Waals surface area contributed by atoms with Crippen LogP contribution in [0, 0.1) is 0 Å². The van der Waals surface area contributed by atoms with E-state index in [9.17, 15) is 0 Å². The van der Waals surface area contributed by atoms with Gasteiger partial charge in [0.1, 0.15) is 13.2 Å². The fourth-order valence-electron chi connectivity index (χ4n) is 3.69. The van der Waals surface area contributed by atoms with Crippen molar-refractivity contribution in [2.45, 2.75) is 38.5 Å². The summed E-state index contributed by atoms with van der Waals surface area (Å²) in [6.07, 6.45) is 2.33. The minimum Gasteiger partial charge on any atom is -0.485 e. The van der Waals surface area contributed by atoms with E-state index in [1.807, 2.05) is 42.5 Å². The smallest absolute Gasteiger partial charge is 0.162 e.